The van der Waals surface area contributed by atoms with Crippen molar-refractivity contribution in [1.29, 1.82) is 0 Å². The van der Waals surface area contributed by atoms with Crippen LogP contribution in [0.25, 0.3) is 0 Å². The molecule has 21 heavy (non-hydrogen) atoms. The lowest BCUT2D eigenvalue weighted by Gasteiger charge is -2.20. The van der Waals surface area contributed by atoms with Gasteiger partial charge in [0, 0.05) is 54.9 Å². The van der Waals surface area contributed by atoms with E-state index in [2.05, 4.69) is 38.8 Å². The lowest BCUT2D eigenvalue weighted by Crippen LogP contribution is -2.29. The Morgan fingerprint density at radius 2 is 1.81 bits per heavy atom. The zero-order chi connectivity index (χ0) is 14.2. The van der Waals surface area contributed by atoms with Crippen molar-refractivity contribution in [3.63, 3.8) is 0 Å². The third kappa shape index (κ3) is 2.68. The van der Waals surface area contributed by atoms with Gasteiger partial charge in [0.05, 0.1) is 0 Å². The van der Waals surface area contributed by atoms with Gasteiger partial charge in [-0.15, -0.1) is 11.3 Å². The molecule has 4 heterocycles. The van der Waals surface area contributed by atoms with Crippen LogP contribution in [0.5, 0.6) is 0 Å². The van der Waals surface area contributed by atoms with Gasteiger partial charge in [0.15, 0.2) is 0 Å². The van der Waals surface area contributed by atoms with Gasteiger partial charge >= 0.3 is 0 Å². The molecule has 2 atom stereocenters. The van der Waals surface area contributed by atoms with Gasteiger partial charge in [-0.05, 0) is 37.0 Å². The molecule has 2 aliphatic heterocycles. The van der Waals surface area contributed by atoms with Gasteiger partial charge in [0.2, 0.25) is 5.95 Å². The Hall–Kier alpha value is -1.46. The van der Waals surface area contributed by atoms with Crippen LogP contribution in [-0.4, -0.2) is 41.0 Å². The Labute approximate surface area is 129 Å². The number of anilines is 1. The number of thiophene rings is 1. The second kappa shape index (κ2) is 5.39. The molecule has 0 aliphatic carbocycles. The number of likely N-dealkylation sites (tertiary alicyclic amines) is 1. The first-order valence-electron chi connectivity index (χ1n) is 7.57. The van der Waals surface area contributed by atoms with E-state index in [9.17, 15) is 0 Å². The highest BCUT2D eigenvalue weighted by molar-refractivity contribution is 7.11. The van der Waals surface area contributed by atoms with Gasteiger partial charge in [-0.3, -0.25) is 4.90 Å². The van der Waals surface area contributed by atoms with Gasteiger partial charge in [-0.2, -0.15) is 0 Å². The SMILES string of the molecule is Cc1ccc(CN2C[C@@H]3CN(c4ncccn4)C[C@@H]3C2)s1. The van der Waals surface area contributed by atoms with E-state index in [0.717, 1.165) is 37.4 Å². The van der Waals surface area contributed by atoms with Gasteiger partial charge in [-0.25, -0.2) is 9.97 Å². The zero-order valence-corrected chi connectivity index (χ0v) is 13.1. The molecule has 4 nitrogen and oxygen atoms in total. The first-order valence-corrected chi connectivity index (χ1v) is 8.39. The number of rotatable bonds is 3. The highest BCUT2D eigenvalue weighted by Gasteiger charge is 2.40. The van der Waals surface area contributed by atoms with Crippen molar-refractivity contribution >= 4 is 17.3 Å². The van der Waals surface area contributed by atoms with Gasteiger partial charge in [0.25, 0.3) is 0 Å². The van der Waals surface area contributed by atoms with Crippen molar-refractivity contribution in [2.45, 2.75) is 13.5 Å². The normalized spacial score (nSPS) is 25.5. The van der Waals surface area contributed by atoms with Gasteiger partial charge < -0.3 is 4.90 Å². The smallest absolute Gasteiger partial charge is 0.225 e. The predicted molar refractivity (Wildman–Crippen MR) is 85.6 cm³/mol. The Bertz CT molecular complexity index is 598. The monoisotopic (exact) mass is 300 g/mol. The maximum Gasteiger partial charge on any atom is 0.225 e. The second-order valence-corrected chi connectivity index (χ2v) is 7.55. The molecule has 2 fully saturated rings. The molecular weight excluding hydrogens is 280 g/mol. The first-order chi connectivity index (χ1) is 10.3. The van der Waals surface area contributed by atoms with Crippen LogP contribution in [0.15, 0.2) is 30.6 Å². The number of aromatic nitrogens is 2. The number of hydrogen-bond acceptors (Lipinski definition) is 5. The molecule has 0 aromatic carbocycles. The summed E-state index contributed by atoms with van der Waals surface area (Å²) < 4.78 is 0. The molecule has 2 aromatic rings. The summed E-state index contributed by atoms with van der Waals surface area (Å²) in [5.74, 6) is 2.44. The Balaban J connectivity index is 1.37. The third-order valence-electron chi connectivity index (χ3n) is 4.57. The molecule has 0 spiro atoms. The lowest BCUT2D eigenvalue weighted by atomic mass is 10.0. The largest absolute Gasteiger partial charge is 0.340 e. The van der Waals surface area contributed by atoms with Crippen molar-refractivity contribution in [3.05, 3.63) is 40.3 Å². The first kappa shape index (κ1) is 13.2. The Morgan fingerprint density at radius 3 is 2.43 bits per heavy atom. The summed E-state index contributed by atoms with van der Waals surface area (Å²) in [6.45, 7) is 7.94. The van der Waals surface area contributed by atoms with Gasteiger partial charge in [-0.1, -0.05) is 0 Å². The van der Waals surface area contributed by atoms with E-state index in [1.54, 1.807) is 0 Å². The fraction of sp³-hybridized carbons (Fsp3) is 0.500. The van der Waals surface area contributed by atoms with Crippen LogP contribution < -0.4 is 4.90 Å². The summed E-state index contributed by atoms with van der Waals surface area (Å²) in [6, 6.07) is 6.38. The van der Waals surface area contributed by atoms with Crippen LogP contribution in [0, 0.1) is 18.8 Å². The molecule has 0 unspecified atom stereocenters. The molecule has 2 aromatic heterocycles. The fourth-order valence-electron chi connectivity index (χ4n) is 3.63. The van der Waals surface area contributed by atoms with E-state index < -0.39 is 0 Å². The molecule has 0 bridgehead atoms. The quantitative estimate of drug-likeness (QED) is 0.871. The van der Waals surface area contributed by atoms with E-state index in [0.29, 0.717) is 0 Å². The van der Waals surface area contributed by atoms with Crippen molar-refractivity contribution in [3.8, 4) is 0 Å². The van der Waals surface area contributed by atoms with E-state index in [1.165, 1.54) is 22.8 Å². The molecule has 0 radical (unpaired) electrons. The van der Waals surface area contributed by atoms with Crippen LogP contribution in [-0.2, 0) is 6.54 Å². The van der Waals surface area contributed by atoms with E-state index in [-0.39, 0.29) is 0 Å². The van der Waals surface area contributed by atoms with Gasteiger partial charge in [0.1, 0.15) is 0 Å². The van der Waals surface area contributed by atoms with Crippen molar-refractivity contribution in [2.24, 2.45) is 11.8 Å². The molecule has 2 aliphatic rings. The minimum atomic E-state index is 0.773. The fourth-order valence-corrected chi connectivity index (χ4v) is 4.56. The number of hydrogen-bond donors (Lipinski definition) is 0. The van der Waals surface area contributed by atoms with Crippen LogP contribution in [0.1, 0.15) is 9.75 Å². The molecule has 0 amide bonds. The van der Waals surface area contributed by atoms with Crippen LogP contribution in [0.4, 0.5) is 5.95 Å². The van der Waals surface area contributed by atoms with Crippen LogP contribution in [0.2, 0.25) is 0 Å². The molecule has 0 saturated carbocycles. The summed E-state index contributed by atoms with van der Waals surface area (Å²) >= 11 is 1.93. The minimum absolute atomic E-state index is 0.773. The number of nitrogens with zero attached hydrogens (tertiary/aromatic N) is 4. The van der Waals surface area contributed by atoms with Crippen molar-refractivity contribution in [1.82, 2.24) is 14.9 Å². The summed E-state index contributed by atoms with van der Waals surface area (Å²) in [7, 11) is 0. The highest BCUT2D eigenvalue weighted by atomic mass is 32.1. The van der Waals surface area contributed by atoms with E-state index >= 15 is 0 Å². The predicted octanol–water partition coefficient (Wildman–Crippen LogP) is 2.41. The lowest BCUT2D eigenvalue weighted by molar-refractivity contribution is 0.311. The van der Waals surface area contributed by atoms with Crippen molar-refractivity contribution < 1.29 is 0 Å². The summed E-state index contributed by atoms with van der Waals surface area (Å²) in [5.41, 5.74) is 0. The average Bonchev–Trinajstić information content (AvgIpc) is 3.15. The zero-order valence-electron chi connectivity index (χ0n) is 12.3. The van der Waals surface area contributed by atoms with Crippen molar-refractivity contribution in [2.75, 3.05) is 31.1 Å². The molecule has 2 saturated heterocycles. The molecule has 0 N–H and O–H groups in total. The third-order valence-corrected chi connectivity index (χ3v) is 5.56. The van der Waals surface area contributed by atoms with E-state index in [4.69, 9.17) is 0 Å². The summed E-state index contributed by atoms with van der Waals surface area (Å²) in [5, 5.41) is 0. The maximum atomic E-state index is 4.38. The Morgan fingerprint density at radius 1 is 1.10 bits per heavy atom. The molecular formula is C16H20N4S. The molecule has 110 valence electrons. The highest BCUT2D eigenvalue weighted by Crippen LogP contribution is 2.33. The van der Waals surface area contributed by atoms with E-state index in [1.807, 2.05) is 29.8 Å². The minimum Gasteiger partial charge on any atom is -0.340 e. The summed E-state index contributed by atoms with van der Waals surface area (Å²) in [6.07, 6.45) is 3.67. The Kier molecular flexibility index (Phi) is 3.39. The number of fused-ring (bicyclic) bond motifs is 1. The standard InChI is InChI=1S/C16H20N4S/c1-12-3-4-15(21-12)11-19-7-13-9-20(10-14(13)8-19)16-17-5-2-6-18-16/h2-6,13-14H,7-11H2,1H3/t13-,14+. The second-order valence-electron chi connectivity index (χ2n) is 6.18. The molecule has 4 rings (SSSR count). The topological polar surface area (TPSA) is 32.3 Å². The maximum absolute atomic E-state index is 4.38. The van der Waals surface area contributed by atoms with Crippen LogP contribution >= 0.6 is 11.3 Å². The van der Waals surface area contributed by atoms with Crippen LogP contribution in [0.3, 0.4) is 0 Å². The molecule has 5 heteroatoms. The average molecular weight is 300 g/mol. The summed E-state index contributed by atoms with van der Waals surface area (Å²) in [4.78, 5) is 16.6. The number of aryl methyl sites for hydroxylation is 1.